The fraction of sp³-hybridized carbons (Fsp3) is 0.278. The highest BCUT2D eigenvalue weighted by Gasteiger charge is 2.07. The van der Waals surface area contributed by atoms with E-state index in [2.05, 4.69) is 10.3 Å². The van der Waals surface area contributed by atoms with Gasteiger partial charge in [0.1, 0.15) is 5.82 Å². The summed E-state index contributed by atoms with van der Waals surface area (Å²) in [6.07, 6.45) is 4.56. The number of amides is 1. The number of hydrogen-bond acceptors (Lipinski definition) is 5. The Balaban J connectivity index is 2.08. The minimum Gasteiger partial charge on any atom is -0.493 e. The van der Waals surface area contributed by atoms with Crippen molar-refractivity contribution in [3.05, 3.63) is 52.6 Å². The molecular weight excluding hydrogens is 322 g/mol. The van der Waals surface area contributed by atoms with Gasteiger partial charge in [-0.25, -0.2) is 4.79 Å². The second kappa shape index (κ2) is 8.14. The number of benzene rings is 1. The number of carbonyl (C=O) groups is 1. The molecule has 0 bridgehead atoms. The number of aryl methyl sites for hydroxylation is 1. The number of aromatic nitrogens is 2. The van der Waals surface area contributed by atoms with Crippen molar-refractivity contribution in [2.24, 2.45) is 7.05 Å². The summed E-state index contributed by atoms with van der Waals surface area (Å²) in [4.78, 5) is 27.1. The quantitative estimate of drug-likeness (QED) is 0.813. The lowest BCUT2D eigenvalue weighted by molar-refractivity contribution is -0.111. The van der Waals surface area contributed by atoms with Gasteiger partial charge in [0.25, 0.3) is 0 Å². The van der Waals surface area contributed by atoms with Crippen molar-refractivity contribution in [2.45, 2.75) is 20.0 Å². The fourth-order valence-corrected chi connectivity index (χ4v) is 2.01. The molecule has 0 atom stereocenters. The van der Waals surface area contributed by atoms with Crippen LogP contribution in [0.2, 0.25) is 0 Å². The molecule has 0 aliphatic carbocycles. The Morgan fingerprint density at radius 2 is 2.04 bits per heavy atom. The Morgan fingerprint density at radius 1 is 1.28 bits per heavy atom. The number of nitrogens with one attached hydrogen (secondary N) is 1. The van der Waals surface area contributed by atoms with E-state index in [0.717, 1.165) is 5.56 Å². The lowest BCUT2D eigenvalue weighted by Gasteiger charge is -2.13. The summed E-state index contributed by atoms with van der Waals surface area (Å²) in [7, 11) is 3.14. The third kappa shape index (κ3) is 5.20. The van der Waals surface area contributed by atoms with E-state index in [0.29, 0.717) is 11.5 Å². The van der Waals surface area contributed by atoms with Crippen LogP contribution in [0.3, 0.4) is 0 Å². The number of rotatable bonds is 6. The summed E-state index contributed by atoms with van der Waals surface area (Å²) < 4.78 is 12.3. The van der Waals surface area contributed by atoms with Crippen LogP contribution in [0, 0.1) is 0 Å². The predicted molar refractivity (Wildman–Crippen MR) is 95.9 cm³/mol. The van der Waals surface area contributed by atoms with Gasteiger partial charge in [-0.1, -0.05) is 6.07 Å². The second-order valence-corrected chi connectivity index (χ2v) is 5.61. The third-order valence-corrected chi connectivity index (χ3v) is 3.20. The summed E-state index contributed by atoms with van der Waals surface area (Å²) >= 11 is 0. The molecule has 2 aromatic rings. The minimum absolute atomic E-state index is 0.0344. The molecule has 0 radical (unpaired) electrons. The molecule has 132 valence electrons. The number of methoxy groups -OCH3 is 1. The van der Waals surface area contributed by atoms with Crippen LogP contribution in [-0.2, 0) is 11.8 Å². The summed E-state index contributed by atoms with van der Waals surface area (Å²) in [5, 5.41) is 2.54. The van der Waals surface area contributed by atoms with Crippen molar-refractivity contribution in [3.63, 3.8) is 0 Å². The van der Waals surface area contributed by atoms with Gasteiger partial charge in [-0.05, 0) is 43.7 Å². The van der Waals surface area contributed by atoms with Crippen LogP contribution in [0.1, 0.15) is 19.4 Å². The van der Waals surface area contributed by atoms with E-state index in [1.54, 1.807) is 38.4 Å². The molecule has 7 nitrogen and oxygen atoms in total. The van der Waals surface area contributed by atoms with Gasteiger partial charge in [0.2, 0.25) is 5.91 Å². The summed E-state index contributed by atoms with van der Waals surface area (Å²) in [5.41, 5.74) is 0.340. The van der Waals surface area contributed by atoms with Crippen LogP contribution >= 0.6 is 0 Å². The Kier molecular flexibility index (Phi) is 5.94. The van der Waals surface area contributed by atoms with E-state index in [9.17, 15) is 9.59 Å². The van der Waals surface area contributed by atoms with Gasteiger partial charge in [0.15, 0.2) is 11.5 Å². The maximum atomic E-state index is 11.9. The Hall–Kier alpha value is -3.09. The molecule has 0 saturated heterocycles. The van der Waals surface area contributed by atoms with Crippen LogP contribution < -0.4 is 20.5 Å². The maximum absolute atomic E-state index is 11.9. The molecule has 1 heterocycles. The van der Waals surface area contributed by atoms with Crippen molar-refractivity contribution < 1.29 is 14.3 Å². The van der Waals surface area contributed by atoms with Gasteiger partial charge in [-0.3, -0.25) is 4.79 Å². The summed E-state index contributed by atoms with van der Waals surface area (Å²) in [5.74, 6) is 1.05. The lowest BCUT2D eigenvalue weighted by Crippen LogP contribution is -2.21. The number of ether oxygens (including phenoxy) is 2. The largest absolute Gasteiger partial charge is 0.493 e. The molecule has 1 aromatic heterocycles. The average molecular weight is 343 g/mol. The minimum atomic E-state index is -0.438. The Bertz CT molecular complexity index is 840. The van der Waals surface area contributed by atoms with E-state index in [-0.39, 0.29) is 17.8 Å². The van der Waals surface area contributed by atoms with Crippen LogP contribution in [-0.4, -0.2) is 28.7 Å². The molecule has 2 rings (SSSR count). The molecule has 1 amide bonds. The number of anilines is 1. The molecule has 1 N–H and O–H groups in total. The smallest absolute Gasteiger partial charge is 0.349 e. The molecule has 0 unspecified atom stereocenters. The zero-order valence-electron chi connectivity index (χ0n) is 14.6. The first-order valence-corrected chi connectivity index (χ1v) is 7.76. The van der Waals surface area contributed by atoms with Gasteiger partial charge in [-0.15, -0.1) is 0 Å². The Labute approximate surface area is 145 Å². The van der Waals surface area contributed by atoms with Crippen molar-refractivity contribution in [2.75, 3.05) is 12.4 Å². The molecule has 0 saturated carbocycles. The van der Waals surface area contributed by atoms with Crippen molar-refractivity contribution in [3.8, 4) is 11.5 Å². The highest BCUT2D eigenvalue weighted by atomic mass is 16.5. The lowest BCUT2D eigenvalue weighted by atomic mass is 10.2. The number of hydrogen-bond donors (Lipinski definition) is 1. The van der Waals surface area contributed by atoms with Crippen LogP contribution in [0.5, 0.6) is 11.5 Å². The fourth-order valence-electron chi connectivity index (χ4n) is 2.01. The zero-order chi connectivity index (χ0) is 18.4. The van der Waals surface area contributed by atoms with Gasteiger partial charge in [0.05, 0.1) is 13.2 Å². The number of carbonyl (C=O) groups excluding carboxylic acids is 1. The highest BCUT2D eigenvalue weighted by Crippen LogP contribution is 2.29. The number of nitrogens with zero attached hydrogens (tertiary/aromatic N) is 2. The van der Waals surface area contributed by atoms with Crippen molar-refractivity contribution in [1.82, 2.24) is 9.55 Å². The highest BCUT2D eigenvalue weighted by molar-refractivity contribution is 6.01. The van der Waals surface area contributed by atoms with E-state index >= 15 is 0 Å². The van der Waals surface area contributed by atoms with Gasteiger partial charge < -0.3 is 19.4 Å². The Morgan fingerprint density at radius 3 is 2.68 bits per heavy atom. The first-order valence-electron chi connectivity index (χ1n) is 7.76. The van der Waals surface area contributed by atoms with Gasteiger partial charge in [0, 0.05) is 19.3 Å². The van der Waals surface area contributed by atoms with E-state index < -0.39 is 5.69 Å². The molecule has 0 spiro atoms. The molecule has 1 aromatic carbocycles. The zero-order valence-corrected chi connectivity index (χ0v) is 14.6. The van der Waals surface area contributed by atoms with Crippen LogP contribution in [0.4, 0.5) is 5.82 Å². The maximum Gasteiger partial charge on any atom is 0.349 e. The normalized spacial score (nSPS) is 10.9. The first kappa shape index (κ1) is 18.3. The second-order valence-electron chi connectivity index (χ2n) is 5.61. The summed E-state index contributed by atoms with van der Waals surface area (Å²) in [6, 6.07) is 6.94. The monoisotopic (exact) mass is 343 g/mol. The molecule has 7 heteroatoms. The first-order chi connectivity index (χ1) is 11.9. The van der Waals surface area contributed by atoms with Crippen molar-refractivity contribution in [1.29, 1.82) is 0 Å². The van der Waals surface area contributed by atoms with E-state index in [1.807, 2.05) is 19.9 Å². The summed E-state index contributed by atoms with van der Waals surface area (Å²) in [6.45, 7) is 3.87. The molecule has 0 fully saturated rings. The SMILES string of the molecule is COc1cc(C=CC(=O)Nc2ccn(C)c(=O)n2)ccc1OC(C)C. The van der Waals surface area contributed by atoms with Gasteiger partial charge in [-0.2, -0.15) is 4.98 Å². The van der Waals surface area contributed by atoms with E-state index in [4.69, 9.17) is 9.47 Å². The molecule has 0 aliphatic heterocycles. The van der Waals surface area contributed by atoms with Crippen molar-refractivity contribution >= 4 is 17.8 Å². The molecule has 0 aliphatic rings. The van der Waals surface area contributed by atoms with Crippen LogP contribution in [0.25, 0.3) is 6.08 Å². The molecule has 25 heavy (non-hydrogen) atoms. The predicted octanol–water partition coefficient (Wildman–Crippen LogP) is 2.23. The topological polar surface area (TPSA) is 82.5 Å². The van der Waals surface area contributed by atoms with Gasteiger partial charge >= 0.3 is 5.69 Å². The molecular formula is C18H21N3O4. The standard InChI is InChI=1S/C18H21N3O4/c1-12(2)25-14-7-5-13(11-15(14)24-4)6-8-17(22)19-16-9-10-21(3)18(23)20-16/h5-12H,1-4H3,(H,19,20,22,23). The third-order valence-electron chi connectivity index (χ3n) is 3.20. The van der Waals surface area contributed by atoms with Crippen LogP contribution in [0.15, 0.2) is 41.3 Å². The average Bonchev–Trinajstić information content (AvgIpc) is 2.57. The van der Waals surface area contributed by atoms with E-state index in [1.165, 1.54) is 16.8 Å².